The molecule has 1 aromatic rings. The average Bonchev–Trinajstić information content (AvgIpc) is 3.91. The number of aromatic nitrogens is 3. The number of hydrogen-bond acceptors (Lipinski definition) is 21. The second-order valence-corrected chi connectivity index (χ2v) is 19.9. The standard InChI is InChI=1S/C57H107N7O19/c1-48(2)53(65)14-21-70-27-31-74-35-36-75-32-28-71-24-17-58-54(66)13-10-11-51-45-64(63-62-51)20-9-7-8-12-57(69)61-52(46-80-22-15-55(67)59-18-25-72-29-33-76-37-39-78-41-43-82-49(3)4)47-81-23-16-56(68)60-19-26-73-30-34-77-38-40-79-42-44-83-50(5)6/h45,48-50,52H,7-44,46-47H2,1-6H3,(H,58,66)(H,59,67)(H,60,68)(H,61,69). The van der Waals surface area contributed by atoms with E-state index in [4.69, 9.17) is 66.3 Å². The van der Waals surface area contributed by atoms with Gasteiger partial charge < -0.3 is 87.6 Å². The highest BCUT2D eigenvalue weighted by molar-refractivity contribution is 5.80. The van der Waals surface area contributed by atoms with Crippen molar-refractivity contribution in [1.29, 1.82) is 0 Å². The molecule has 1 aromatic heterocycles. The molecule has 0 spiro atoms. The van der Waals surface area contributed by atoms with Gasteiger partial charge in [0.25, 0.3) is 0 Å². The lowest BCUT2D eigenvalue weighted by Gasteiger charge is -2.19. The predicted molar refractivity (Wildman–Crippen MR) is 308 cm³/mol. The van der Waals surface area contributed by atoms with E-state index >= 15 is 0 Å². The number of ether oxygens (including phenoxy) is 14. The van der Waals surface area contributed by atoms with Crippen molar-refractivity contribution in [3.05, 3.63) is 11.9 Å². The first-order chi connectivity index (χ1) is 40.3. The first-order valence-corrected chi connectivity index (χ1v) is 30.0. The van der Waals surface area contributed by atoms with Gasteiger partial charge in [0.15, 0.2) is 0 Å². The molecule has 1 heterocycles. The number of carbonyl (C=O) groups excluding carboxylic acids is 5. The number of nitrogens with one attached hydrogen (secondary N) is 4. The van der Waals surface area contributed by atoms with Crippen LogP contribution in [-0.4, -0.2) is 254 Å². The Labute approximate surface area is 494 Å². The van der Waals surface area contributed by atoms with Gasteiger partial charge in [-0.05, 0) is 53.4 Å². The Bertz CT molecular complexity index is 1650. The molecule has 0 radical (unpaired) electrons. The van der Waals surface area contributed by atoms with E-state index in [-0.39, 0.29) is 86.8 Å². The number of aryl methyl sites for hydroxylation is 2. The van der Waals surface area contributed by atoms with E-state index in [0.29, 0.717) is 210 Å². The SMILES string of the molecule is CC(C)OCCOCCOCCOCCNC(=O)CCOCC(COCCC(=O)NCCOCCOCCOCCOC(C)C)NC(=O)CCCCCn1cc(CCCC(=O)NCCOCCOCCOCCOCCC(=O)C(C)C)nn1. The Morgan fingerprint density at radius 2 is 0.783 bits per heavy atom. The largest absolute Gasteiger partial charge is 0.379 e. The number of nitrogens with zero attached hydrogens (tertiary/aromatic N) is 3. The van der Waals surface area contributed by atoms with Crippen molar-refractivity contribution in [3.63, 3.8) is 0 Å². The lowest BCUT2D eigenvalue weighted by Crippen LogP contribution is -2.42. The topological polar surface area (TPSA) is 293 Å². The Morgan fingerprint density at radius 3 is 1.20 bits per heavy atom. The Kier molecular flexibility index (Phi) is 53.2. The zero-order valence-corrected chi connectivity index (χ0v) is 51.3. The smallest absolute Gasteiger partial charge is 0.222 e. The van der Waals surface area contributed by atoms with Crippen molar-refractivity contribution in [2.24, 2.45) is 5.92 Å². The van der Waals surface area contributed by atoms with E-state index in [2.05, 4.69) is 31.6 Å². The van der Waals surface area contributed by atoms with Crippen LogP contribution < -0.4 is 21.3 Å². The van der Waals surface area contributed by atoms with Crippen LogP contribution in [0.5, 0.6) is 0 Å². The summed E-state index contributed by atoms with van der Waals surface area (Å²) in [7, 11) is 0. The molecule has 83 heavy (non-hydrogen) atoms. The molecule has 4 amide bonds. The molecule has 0 aliphatic rings. The quantitative estimate of drug-likeness (QED) is 0.0681. The summed E-state index contributed by atoms with van der Waals surface area (Å²) in [5.41, 5.74) is 0.805. The number of carbonyl (C=O) groups is 5. The molecule has 26 nitrogen and oxygen atoms in total. The molecule has 0 bridgehead atoms. The highest BCUT2D eigenvalue weighted by atomic mass is 16.6. The highest BCUT2D eigenvalue weighted by Crippen LogP contribution is 2.06. The molecule has 0 atom stereocenters. The average molecular weight is 1190 g/mol. The van der Waals surface area contributed by atoms with Gasteiger partial charge in [0.05, 0.1) is 196 Å². The lowest BCUT2D eigenvalue weighted by atomic mass is 10.1. The van der Waals surface area contributed by atoms with Gasteiger partial charge in [-0.2, -0.15) is 0 Å². The molecule has 4 N–H and O–H groups in total. The van der Waals surface area contributed by atoms with E-state index in [1.165, 1.54) is 0 Å². The molecule has 0 fully saturated rings. The van der Waals surface area contributed by atoms with Crippen molar-refractivity contribution < 1.29 is 90.3 Å². The number of hydrogen-bond donors (Lipinski definition) is 4. The Hall–Kier alpha value is -3.87. The number of Topliss-reactive ketones (excluding diaryl/α,β-unsaturated/α-hetero) is 1. The van der Waals surface area contributed by atoms with Gasteiger partial charge in [-0.25, -0.2) is 0 Å². The normalized spacial score (nSPS) is 11.6. The third-order valence-electron chi connectivity index (χ3n) is 11.5. The predicted octanol–water partition coefficient (Wildman–Crippen LogP) is 2.44. The molecular formula is C57H107N7O19. The molecule has 0 aromatic carbocycles. The van der Waals surface area contributed by atoms with Crippen LogP contribution in [0.1, 0.15) is 105 Å². The van der Waals surface area contributed by atoms with Crippen molar-refractivity contribution in [2.45, 2.75) is 131 Å². The summed E-state index contributed by atoms with van der Waals surface area (Å²) in [6.45, 7) is 23.6. The van der Waals surface area contributed by atoms with E-state index in [9.17, 15) is 24.0 Å². The van der Waals surface area contributed by atoms with Gasteiger partial charge in [-0.3, -0.25) is 28.7 Å². The van der Waals surface area contributed by atoms with E-state index in [1.54, 1.807) is 4.68 Å². The number of amides is 4. The fraction of sp³-hybridized carbons (Fsp3) is 0.877. The fourth-order valence-corrected chi connectivity index (χ4v) is 6.99. The molecule has 484 valence electrons. The first kappa shape index (κ1) is 77.1. The zero-order valence-electron chi connectivity index (χ0n) is 51.3. The maximum Gasteiger partial charge on any atom is 0.222 e. The number of ketones is 1. The second kappa shape index (κ2) is 57.2. The summed E-state index contributed by atoms with van der Waals surface area (Å²) in [6, 6.07) is -0.504. The monoisotopic (exact) mass is 1190 g/mol. The van der Waals surface area contributed by atoms with Crippen LogP contribution in [-0.2, 0) is 103 Å². The highest BCUT2D eigenvalue weighted by Gasteiger charge is 2.15. The Balaban J connectivity index is 2.29. The summed E-state index contributed by atoms with van der Waals surface area (Å²) < 4.78 is 79.1. The molecule has 0 aliphatic carbocycles. The van der Waals surface area contributed by atoms with Gasteiger partial charge in [-0.15, -0.1) is 5.10 Å². The van der Waals surface area contributed by atoms with Crippen LogP contribution in [0.15, 0.2) is 6.20 Å². The molecule has 1 rings (SSSR count). The van der Waals surface area contributed by atoms with Crippen LogP contribution in [0.25, 0.3) is 0 Å². The van der Waals surface area contributed by atoms with E-state index in [0.717, 1.165) is 18.5 Å². The van der Waals surface area contributed by atoms with Crippen molar-refractivity contribution in [1.82, 2.24) is 36.3 Å². The number of rotatable bonds is 63. The van der Waals surface area contributed by atoms with Crippen LogP contribution >= 0.6 is 0 Å². The van der Waals surface area contributed by atoms with Gasteiger partial charge in [0.2, 0.25) is 23.6 Å². The summed E-state index contributed by atoms with van der Waals surface area (Å²) in [4.78, 5) is 61.8. The van der Waals surface area contributed by atoms with Gasteiger partial charge >= 0.3 is 0 Å². The lowest BCUT2D eigenvalue weighted by molar-refractivity contribution is -0.125. The minimum absolute atomic E-state index is 0.0281. The maximum atomic E-state index is 13.1. The van der Waals surface area contributed by atoms with Gasteiger partial charge in [0, 0.05) is 70.4 Å². The summed E-state index contributed by atoms with van der Waals surface area (Å²) in [6.07, 6.45) is 7.02. The molecule has 0 saturated carbocycles. The number of unbranched alkanes of at least 4 members (excludes halogenated alkanes) is 2. The van der Waals surface area contributed by atoms with E-state index < -0.39 is 6.04 Å². The zero-order chi connectivity index (χ0) is 60.5. The third kappa shape index (κ3) is 54.5. The minimum Gasteiger partial charge on any atom is -0.379 e. The first-order valence-electron chi connectivity index (χ1n) is 30.0. The van der Waals surface area contributed by atoms with Crippen molar-refractivity contribution in [3.8, 4) is 0 Å². The van der Waals surface area contributed by atoms with Crippen LogP contribution in [0, 0.1) is 5.92 Å². The summed E-state index contributed by atoms with van der Waals surface area (Å²) in [5, 5.41) is 19.9. The van der Waals surface area contributed by atoms with Crippen LogP contribution in [0.4, 0.5) is 0 Å². The van der Waals surface area contributed by atoms with Crippen molar-refractivity contribution >= 4 is 29.4 Å². The molecule has 0 saturated heterocycles. The second-order valence-electron chi connectivity index (χ2n) is 19.9. The molecule has 0 aliphatic heterocycles. The third-order valence-corrected chi connectivity index (χ3v) is 11.5. The maximum absolute atomic E-state index is 13.1. The van der Waals surface area contributed by atoms with Gasteiger partial charge in [-0.1, -0.05) is 25.5 Å². The molecular weight excluding hydrogens is 1090 g/mol. The van der Waals surface area contributed by atoms with Crippen LogP contribution in [0.3, 0.4) is 0 Å². The van der Waals surface area contributed by atoms with Crippen molar-refractivity contribution in [2.75, 3.05) is 191 Å². The minimum atomic E-state index is -0.504. The molecule has 0 unspecified atom stereocenters. The van der Waals surface area contributed by atoms with E-state index in [1.807, 2.05) is 47.7 Å². The van der Waals surface area contributed by atoms with Crippen LogP contribution in [0.2, 0.25) is 0 Å². The summed E-state index contributed by atoms with van der Waals surface area (Å²) >= 11 is 0. The van der Waals surface area contributed by atoms with Gasteiger partial charge in [0.1, 0.15) is 5.78 Å². The summed E-state index contributed by atoms with van der Waals surface area (Å²) in [5.74, 6) is -0.386. The fourth-order valence-electron chi connectivity index (χ4n) is 6.99. The Morgan fingerprint density at radius 1 is 0.410 bits per heavy atom. The molecule has 26 heteroatoms.